The summed E-state index contributed by atoms with van der Waals surface area (Å²) in [4.78, 5) is 26.9. The van der Waals surface area contributed by atoms with Gasteiger partial charge in [0.25, 0.3) is 5.91 Å². The predicted molar refractivity (Wildman–Crippen MR) is 89.3 cm³/mol. The Bertz CT molecular complexity index is 521. The van der Waals surface area contributed by atoms with E-state index in [9.17, 15) is 9.59 Å². The van der Waals surface area contributed by atoms with E-state index in [0.717, 1.165) is 43.1 Å². The largest absolute Gasteiger partial charge is 0.347 e. The number of hydrogen-bond donors (Lipinski definition) is 1. The number of nitrogens with one attached hydrogen (secondary N) is 1. The fourth-order valence-corrected chi connectivity index (χ4v) is 3.46. The first-order chi connectivity index (χ1) is 10.6. The van der Waals surface area contributed by atoms with Crippen LogP contribution in [-0.4, -0.2) is 57.4 Å². The number of thioether (sulfide) groups is 1. The smallest absolute Gasteiger partial charge is 0.265 e. The Morgan fingerprint density at radius 3 is 2.95 bits per heavy atom. The van der Waals surface area contributed by atoms with Crippen molar-refractivity contribution in [2.75, 3.05) is 25.1 Å². The quantitative estimate of drug-likeness (QED) is 0.882. The molecule has 0 unspecified atom stereocenters. The van der Waals surface area contributed by atoms with Crippen LogP contribution in [0.1, 0.15) is 41.0 Å². The van der Waals surface area contributed by atoms with E-state index in [1.165, 1.54) is 0 Å². The Hall–Kier alpha value is -1.15. The third kappa shape index (κ3) is 4.67. The van der Waals surface area contributed by atoms with E-state index >= 15 is 0 Å². The molecule has 0 aliphatic carbocycles. The molecule has 0 aromatic carbocycles. The molecule has 1 saturated heterocycles. The van der Waals surface area contributed by atoms with Crippen LogP contribution in [0, 0.1) is 6.92 Å². The van der Waals surface area contributed by atoms with Crippen molar-refractivity contribution >= 4 is 35.1 Å². The van der Waals surface area contributed by atoms with Crippen molar-refractivity contribution in [3.05, 3.63) is 10.6 Å². The van der Waals surface area contributed by atoms with E-state index in [1.54, 1.807) is 18.7 Å². The first-order valence-corrected chi connectivity index (χ1v) is 9.65. The summed E-state index contributed by atoms with van der Waals surface area (Å²) < 4.78 is 3.80. The van der Waals surface area contributed by atoms with Crippen molar-refractivity contribution in [2.45, 2.75) is 38.6 Å². The molecule has 1 N–H and O–H groups in total. The Balaban J connectivity index is 1.94. The molecule has 2 heterocycles. The molecule has 122 valence electrons. The standard InChI is InChI=1S/C14H22N4O2S2/c1-10-13(22-17-16-10)14(20)15-11-5-3-4-7-18(9-11)12(19)6-8-21-2/h11H,3-9H2,1-2H3,(H,15,20)/t11-/m1/s1. The number of carbonyl (C=O) groups excluding carboxylic acids is 2. The van der Waals surface area contributed by atoms with Gasteiger partial charge in [-0.3, -0.25) is 9.59 Å². The number of aryl methyl sites for hydroxylation is 1. The lowest BCUT2D eigenvalue weighted by atomic mass is 10.1. The monoisotopic (exact) mass is 342 g/mol. The highest BCUT2D eigenvalue weighted by Gasteiger charge is 2.24. The van der Waals surface area contributed by atoms with Gasteiger partial charge in [-0.05, 0) is 44.0 Å². The molecule has 0 saturated carbocycles. The number of carbonyl (C=O) groups is 2. The molecule has 1 aromatic heterocycles. The van der Waals surface area contributed by atoms with Crippen molar-refractivity contribution < 1.29 is 9.59 Å². The Morgan fingerprint density at radius 2 is 2.27 bits per heavy atom. The summed E-state index contributed by atoms with van der Waals surface area (Å²) in [6.45, 7) is 3.18. The van der Waals surface area contributed by atoms with E-state index in [1.807, 2.05) is 11.2 Å². The molecule has 0 bridgehead atoms. The highest BCUT2D eigenvalue weighted by Crippen LogP contribution is 2.15. The van der Waals surface area contributed by atoms with Crippen molar-refractivity contribution in [2.24, 2.45) is 0 Å². The minimum absolute atomic E-state index is 0.00901. The molecule has 2 amide bonds. The molecule has 0 radical (unpaired) electrons. The van der Waals surface area contributed by atoms with Crippen LogP contribution in [0.25, 0.3) is 0 Å². The molecule has 8 heteroatoms. The van der Waals surface area contributed by atoms with Gasteiger partial charge in [0, 0.05) is 31.3 Å². The Morgan fingerprint density at radius 1 is 1.45 bits per heavy atom. The lowest BCUT2D eigenvalue weighted by molar-refractivity contribution is -0.130. The van der Waals surface area contributed by atoms with E-state index < -0.39 is 0 Å². The van der Waals surface area contributed by atoms with Gasteiger partial charge in [-0.15, -0.1) is 5.10 Å². The SMILES string of the molecule is CSCCC(=O)N1CCCC[C@@H](NC(=O)c2snnc2C)C1. The lowest BCUT2D eigenvalue weighted by Crippen LogP contribution is -2.44. The van der Waals surface area contributed by atoms with Gasteiger partial charge in [-0.1, -0.05) is 4.49 Å². The van der Waals surface area contributed by atoms with Gasteiger partial charge in [-0.25, -0.2) is 0 Å². The molecular formula is C14H22N4O2S2. The molecule has 1 aromatic rings. The average molecular weight is 342 g/mol. The van der Waals surface area contributed by atoms with Crippen LogP contribution in [0.2, 0.25) is 0 Å². The third-order valence-electron chi connectivity index (χ3n) is 3.74. The van der Waals surface area contributed by atoms with Crippen LogP contribution in [-0.2, 0) is 4.79 Å². The topological polar surface area (TPSA) is 75.2 Å². The first kappa shape index (κ1) is 17.2. The van der Waals surface area contributed by atoms with Crippen LogP contribution >= 0.6 is 23.3 Å². The molecule has 2 rings (SSSR count). The van der Waals surface area contributed by atoms with Crippen molar-refractivity contribution in [3.63, 3.8) is 0 Å². The summed E-state index contributed by atoms with van der Waals surface area (Å²) >= 11 is 2.79. The molecule has 1 aliphatic heterocycles. The van der Waals surface area contributed by atoms with Crippen molar-refractivity contribution in [3.8, 4) is 0 Å². The second-order valence-electron chi connectivity index (χ2n) is 5.44. The van der Waals surface area contributed by atoms with Crippen molar-refractivity contribution in [1.82, 2.24) is 19.8 Å². The Labute approximate surface area is 139 Å². The van der Waals surface area contributed by atoms with Gasteiger partial charge < -0.3 is 10.2 Å². The number of amides is 2. The fourth-order valence-electron chi connectivity index (χ4n) is 2.52. The molecule has 6 nitrogen and oxygen atoms in total. The summed E-state index contributed by atoms with van der Waals surface area (Å²) in [5.74, 6) is 0.903. The highest BCUT2D eigenvalue weighted by atomic mass is 32.2. The van der Waals surface area contributed by atoms with Crippen molar-refractivity contribution in [1.29, 1.82) is 0 Å². The summed E-state index contributed by atoms with van der Waals surface area (Å²) in [5.41, 5.74) is 0.657. The van der Waals surface area contributed by atoms with Gasteiger partial charge in [0.05, 0.1) is 5.69 Å². The van der Waals surface area contributed by atoms with Crippen LogP contribution in [0.4, 0.5) is 0 Å². The van der Waals surface area contributed by atoms with E-state index in [0.29, 0.717) is 23.5 Å². The highest BCUT2D eigenvalue weighted by molar-refractivity contribution is 7.98. The average Bonchev–Trinajstić information content (AvgIpc) is 2.79. The number of rotatable bonds is 5. The lowest BCUT2D eigenvalue weighted by Gasteiger charge is -2.25. The predicted octanol–water partition coefficient (Wildman–Crippen LogP) is 1.71. The van der Waals surface area contributed by atoms with Crippen LogP contribution in [0.15, 0.2) is 0 Å². The van der Waals surface area contributed by atoms with E-state index in [-0.39, 0.29) is 17.9 Å². The molecule has 1 aliphatic rings. The second kappa shape index (κ2) is 8.47. The molecule has 22 heavy (non-hydrogen) atoms. The molecular weight excluding hydrogens is 320 g/mol. The summed E-state index contributed by atoms with van der Waals surface area (Å²) in [6.07, 6.45) is 5.50. The molecule has 1 atom stereocenters. The van der Waals surface area contributed by atoms with Gasteiger partial charge in [-0.2, -0.15) is 11.8 Å². The second-order valence-corrected chi connectivity index (χ2v) is 7.18. The normalized spacial score (nSPS) is 18.8. The van der Waals surface area contributed by atoms with Gasteiger partial charge in [0.15, 0.2) is 0 Å². The number of aromatic nitrogens is 2. The fraction of sp³-hybridized carbons (Fsp3) is 0.714. The summed E-state index contributed by atoms with van der Waals surface area (Å²) in [5, 5.41) is 6.90. The first-order valence-electron chi connectivity index (χ1n) is 7.48. The maximum atomic E-state index is 12.3. The maximum Gasteiger partial charge on any atom is 0.265 e. The van der Waals surface area contributed by atoms with E-state index in [2.05, 4.69) is 14.9 Å². The third-order valence-corrected chi connectivity index (χ3v) is 5.18. The zero-order valence-corrected chi connectivity index (χ0v) is 14.6. The summed E-state index contributed by atoms with van der Waals surface area (Å²) in [7, 11) is 0. The number of nitrogens with zero attached hydrogens (tertiary/aromatic N) is 3. The van der Waals surface area contributed by atoms with Crippen LogP contribution in [0.5, 0.6) is 0 Å². The van der Waals surface area contributed by atoms with Gasteiger partial charge >= 0.3 is 0 Å². The molecule has 1 fully saturated rings. The van der Waals surface area contributed by atoms with Crippen LogP contribution in [0.3, 0.4) is 0 Å². The Kier molecular flexibility index (Phi) is 6.63. The zero-order chi connectivity index (χ0) is 15.9. The number of hydrogen-bond acceptors (Lipinski definition) is 6. The number of likely N-dealkylation sites (tertiary alicyclic amines) is 1. The zero-order valence-electron chi connectivity index (χ0n) is 13.0. The summed E-state index contributed by atoms with van der Waals surface area (Å²) in [6, 6.07) is 0.00901. The maximum absolute atomic E-state index is 12.3. The van der Waals surface area contributed by atoms with E-state index in [4.69, 9.17) is 0 Å². The van der Waals surface area contributed by atoms with Crippen LogP contribution < -0.4 is 5.32 Å². The van der Waals surface area contributed by atoms with Gasteiger partial charge in [0.2, 0.25) is 5.91 Å². The minimum Gasteiger partial charge on any atom is -0.347 e. The minimum atomic E-state index is -0.129. The molecule has 0 spiro atoms. The van der Waals surface area contributed by atoms with Gasteiger partial charge in [0.1, 0.15) is 4.88 Å².